The van der Waals surface area contributed by atoms with Crippen molar-refractivity contribution < 1.29 is 106 Å². The normalized spacial score (nSPS) is 20.1. The summed E-state index contributed by atoms with van der Waals surface area (Å²) in [5, 5.41) is 58.2. The van der Waals surface area contributed by atoms with Crippen LogP contribution in [0.2, 0.25) is 0 Å². The highest BCUT2D eigenvalue weighted by atomic mass is 16.6. The van der Waals surface area contributed by atoms with Crippen molar-refractivity contribution in [3.63, 3.8) is 0 Å². The van der Waals surface area contributed by atoms with E-state index in [0.717, 1.165) is 6.42 Å². The van der Waals surface area contributed by atoms with E-state index in [0.29, 0.717) is 12.0 Å². The maximum Gasteiger partial charge on any atom is 0.407 e. The summed E-state index contributed by atoms with van der Waals surface area (Å²) in [7, 11) is 1.62. The van der Waals surface area contributed by atoms with E-state index in [2.05, 4.69) is 69.1 Å². The number of carbonyl (C=O) groups is 15. The van der Waals surface area contributed by atoms with Gasteiger partial charge in [0.15, 0.2) is 17.3 Å². The number of aliphatic hydroxyl groups excluding tert-OH is 2. The molecule has 3 unspecified atom stereocenters. The van der Waals surface area contributed by atoms with E-state index in [-0.39, 0.29) is 120 Å². The third-order valence-electron chi connectivity index (χ3n) is 18.5. The Morgan fingerprint density at radius 1 is 0.538 bits per heavy atom. The van der Waals surface area contributed by atoms with Crippen molar-refractivity contribution in [1.29, 1.82) is 0 Å². The minimum absolute atomic E-state index is 0.0209. The Morgan fingerprint density at radius 2 is 1.03 bits per heavy atom. The Hall–Kier alpha value is -9.87. The summed E-state index contributed by atoms with van der Waals surface area (Å²) < 4.78 is 27.3. The molecule has 1 heterocycles. The van der Waals surface area contributed by atoms with Gasteiger partial charge in [-0.05, 0) is 210 Å². The average molecular weight is 1680 g/mol. The number of ketones is 3. The number of hydrogen-bond donors (Lipinski definition) is 15. The SMILES string of the molecule is CCCC(C)C(=O)Oc1ccc(C(=O)N[C@@H](CCNC)C(=O)C[C@H](C(=O)N[C@@H](CCNC(=O)OC(C)(C)C)C(=O)C[C@H]2CCNC(=O)[C@H](C(C)O)NC(=O)[C@H](CCNC(=O)OC(C)(C)C)CC(=O)[C@H](CCNC(=O)OC(C)(C)C)NC(=O)[C@H](CC(C)C)NC(=O)[C@@H](Cc3ccccc3)NC(=O)[C@H](CCNC(=O)OC(C)(C)C)NC2)C(C)O)cc1. The van der Waals surface area contributed by atoms with Crippen LogP contribution in [-0.2, 0) is 73.3 Å². The fourth-order valence-corrected chi connectivity index (χ4v) is 12.4. The van der Waals surface area contributed by atoms with Crippen molar-refractivity contribution in [2.24, 2.45) is 29.6 Å². The van der Waals surface area contributed by atoms with Crippen molar-refractivity contribution in [3.8, 4) is 5.75 Å². The van der Waals surface area contributed by atoms with Gasteiger partial charge in [-0.3, -0.25) is 52.7 Å². The van der Waals surface area contributed by atoms with E-state index in [1.807, 2.05) is 6.92 Å². The first-order valence-corrected chi connectivity index (χ1v) is 41.1. The smallest absolute Gasteiger partial charge is 0.407 e. The topological polar surface area (TPSA) is 499 Å². The number of nitrogens with one attached hydrogen (secondary N) is 13. The molecule has 15 N–H and O–H groups in total. The summed E-state index contributed by atoms with van der Waals surface area (Å²) in [6.45, 7) is 27.7. The Bertz CT molecular complexity index is 3660. The number of rotatable bonds is 35. The number of benzene rings is 2. The fraction of sp³-hybridized carbons (Fsp3) is 0.679. The summed E-state index contributed by atoms with van der Waals surface area (Å²) in [5.74, 6) is -13.3. The first-order chi connectivity index (χ1) is 55.5. The van der Waals surface area contributed by atoms with Crippen LogP contribution in [-0.4, -0.2) is 229 Å². The van der Waals surface area contributed by atoms with Gasteiger partial charge in [0, 0.05) is 69.9 Å². The average Bonchev–Trinajstić information content (AvgIpc) is 1.15. The van der Waals surface area contributed by atoms with Crippen molar-refractivity contribution in [1.82, 2.24) is 69.1 Å². The van der Waals surface area contributed by atoms with Crippen LogP contribution in [0.15, 0.2) is 54.6 Å². The summed E-state index contributed by atoms with van der Waals surface area (Å²) in [4.78, 5) is 213. The second-order valence-electron chi connectivity index (χ2n) is 34.7. The van der Waals surface area contributed by atoms with E-state index in [9.17, 15) is 67.7 Å². The standard InChI is InChI=1S/C84H135N13O22/c1-20-24-50(4)76(110)115-57-29-27-55(28-30-57)69(103)92-59(33-37-85-19)67(102)47-58(51(5)98)71(105)93-60(34-40-88-78(112)117-82(10,11)12)65(100)45-54-31-38-86-75(109)68(52(6)99)97-70(104)56(32-39-87-77(111)116-81(7,8)9)46-66(101)61(35-41-89-79(113)118-83(13,14)15)94-73(107)63(43-49(2)3)95-74(108)64(44-53-25-22-21-23-26-53)96-72(106)62(91-48-54)36-42-90-80(114)119-84(16,17)18/h21-23,25-30,49-52,54,56,58-64,68,85,91,98-99H,20,24,31-48H2,1-19H3,(H,86,109)(H,87,111)(H,88,112)(H,89,113)(H,90,114)(H,92,103)(H,93,105)(H,94,107)(H,95,108)(H,96,106)(H,97,104)/t50?,51?,52?,54-,56-,58+,59+,60+,61+,62+,63+,64-,68+/m1/s1. The number of Topliss-reactive ketones (excluding diaryl/α,β-unsaturated/α-hetero) is 3. The molecule has 2 aromatic carbocycles. The van der Waals surface area contributed by atoms with Gasteiger partial charge in [0.1, 0.15) is 46.3 Å². The minimum atomic E-state index is -1.77. The molecule has 0 aromatic heterocycles. The van der Waals surface area contributed by atoms with Gasteiger partial charge >= 0.3 is 30.3 Å². The zero-order valence-electron chi connectivity index (χ0n) is 73.0. The number of ether oxygens (including phenoxy) is 5. The van der Waals surface area contributed by atoms with Gasteiger partial charge in [0.05, 0.1) is 48.2 Å². The zero-order chi connectivity index (χ0) is 89.7. The van der Waals surface area contributed by atoms with E-state index in [1.54, 1.807) is 141 Å². The van der Waals surface area contributed by atoms with E-state index < -0.39 is 203 Å². The molecule has 1 fully saturated rings. The van der Waals surface area contributed by atoms with Gasteiger partial charge in [-0.25, -0.2) is 19.2 Å². The van der Waals surface area contributed by atoms with Gasteiger partial charge in [0.2, 0.25) is 35.4 Å². The summed E-state index contributed by atoms with van der Waals surface area (Å²) >= 11 is 0. The van der Waals surface area contributed by atoms with E-state index in [4.69, 9.17) is 23.7 Å². The molecule has 13 atom stereocenters. The van der Waals surface area contributed by atoms with Gasteiger partial charge in [-0.1, -0.05) is 64.4 Å². The molecule has 35 nitrogen and oxygen atoms in total. The largest absolute Gasteiger partial charge is 0.444 e. The molecule has 3 rings (SSSR count). The van der Waals surface area contributed by atoms with Crippen molar-refractivity contribution >= 4 is 89.0 Å². The number of aliphatic hydroxyl groups is 2. The third-order valence-corrected chi connectivity index (χ3v) is 18.5. The third kappa shape index (κ3) is 42.1. The predicted molar refractivity (Wildman–Crippen MR) is 443 cm³/mol. The van der Waals surface area contributed by atoms with Crippen LogP contribution in [0.3, 0.4) is 0 Å². The van der Waals surface area contributed by atoms with Crippen LogP contribution in [0.5, 0.6) is 5.75 Å². The lowest BCUT2D eigenvalue weighted by Gasteiger charge is -2.29. The highest BCUT2D eigenvalue weighted by Gasteiger charge is 2.39. The highest BCUT2D eigenvalue weighted by molar-refractivity contribution is 6.00. The van der Waals surface area contributed by atoms with Crippen LogP contribution >= 0.6 is 0 Å². The molecule has 0 saturated carbocycles. The molecule has 2 aromatic rings. The lowest BCUT2D eigenvalue weighted by Crippen LogP contribution is -2.58. The van der Waals surface area contributed by atoms with Crippen LogP contribution < -0.4 is 73.9 Å². The van der Waals surface area contributed by atoms with Gasteiger partial charge in [0.25, 0.3) is 5.91 Å². The second kappa shape index (κ2) is 50.3. The minimum Gasteiger partial charge on any atom is -0.444 e. The molecule has 11 amide bonds. The lowest BCUT2D eigenvalue weighted by atomic mass is 9.90. The molecular weight excluding hydrogens is 1540 g/mol. The lowest BCUT2D eigenvalue weighted by molar-refractivity contribution is -0.138. The van der Waals surface area contributed by atoms with E-state index >= 15 is 14.4 Å². The highest BCUT2D eigenvalue weighted by Crippen LogP contribution is 2.23. The molecule has 0 bridgehead atoms. The molecular formula is C84H135N13O22. The molecule has 0 radical (unpaired) electrons. The molecule has 35 heteroatoms. The Morgan fingerprint density at radius 3 is 1.54 bits per heavy atom. The Labute approximate surface area is 699 Å². The van der Waals surface area contributed by atoms with Gasteiger partial charge < -0.3 is 103 Å². The molecule has 1 aliphatic rings. The number of amides is 11. The van der Waals surface area contributed by atoms with Crippen LogP contribution in [0.1, 0.15) is 218 Å². The summed E-state index contributed by atoms with van der Waals surface area (Å²) in [6, 6.07) is 3.89. The number of carbonyl (C=O) groups excluding carboxylic acids is 15. The fourth-order valence-electron chi connectivity index (χ4n) is 12.4. The first kappa shape index (κ1) is 103. The van der Waals surface area contributed by atoms with Crippen molar-refractivity contribution in [2.75, 3.05) is 52.9 Å². The Balaban J connectivity index is 2.33. The zero-order valence-corrected chi connectivity index (χ0v) is 73.0. The molecule has 668 valence electrons. The maximum atomic E-state index is 15.4. The molecule has 119 heavy (non-hydrogen) atoms. The van der Waals surface area contributed by atoms with Gasteiger partial charge in [-0.15, -0.1) is 0 Å². The second-order valence-corrected chi connectivity index (χ2v) is 34.7. The number of esters is 1. The van der Waals surface area contributed by atoms with Crippen molar-refractivity contribution in [3.05, 3.63) is 65.7 Å². The molecule has 0 spiro atoms. The van der Waals surface area contributed by atoms with E-state index in [1.165, 1.54) is 38.1 Å². The Kier molecular flexibility index (Phi) is 43.6. The summed E-state index contributed by atoms with van der Waals surface area (Å²) in [6.07, 6.45) is -8.76. The number of alkyl carbamates (subject to hydrolysis) is 4. The van der Waals surface area contributed by atoms with Gasteiger partial charge in [-0.2, -0.15) is 0 Å². The molecule has 1 saturated heterocycles. The van der Waals surface area contributed by atoms with Crippen molar-refractivity contribution in [2.45, 2.75) is 285 Å². The van der Waals surface area contributed by atoms with Crippen LogP contribution in [0.4, 0.5) is 19.2 Å². The monoisotopic (exact) mass is 1680 g/mol. The summed E-state index contributed by atoms with van der Waals surface area (Å²) in [5.41, 5.74) is -3.16. The molecule has 0 aliphatic carbocycles. The first-order valence-electron chi connectivity index (χ1n) is 41.1. The number of hydrogen-bond acceptors (Lipinski definition) is 24. The van der Waals surface area contributed by atoms with Crippen LogP contribution in [0, 0.1) is 29.6 Å². The molecule has 1 aliphatic heterocycles. The maximum absolute atomic E-state index is 15.4. The predicted octanol–water partition coefficient (Wildman–Crippen LogP) is 5.07. The van der Waals surface area contributed by atoms with Crippen LogP contribution in [0.25, 0.3) is 0 Å². The quantitative estimate of drug-likeness (QED) is 0.0243.